The maximum Gasteiger partial charge on any atom is 0.00672 e. The normalized spacial score (nSPS) is 32.0. The lowest BCUT2D eigenvalue weighted by molar-refractivity contribution is 0.357. The van der Waals surface area contributed by atoms with Gasteiger partial charge in [-0.2, -0.15) is 0 Å². The van der Waals surface area contributed by atoms with Crippen LogP contribution >= 0.6 is 0 Å². The molecular formula is C13H25N. The summed E-state index contributed by atoms with van der Waals surface area (Å²) in [6.07, 6.45) is 11.3. The molecule has 82 valence electrons. The van der Waals surface area contributed by atoms with Crippen molar-refractivity contribution in [2.45, 2.75) is 57.9 Å². The topological polar surface area (TPSA) is 26.0 Å². The van der Waals surface area contributed by atoms with Crippen LogP contribution < -0.4 is 5.73 Å². The lowest BCUT2D eigenvalue weighted by Gasteiger charge is -2.17. The van der Waals surface area contributed by atoms with Gasteiger partial charge in [0.2, 0.25) is 0 Å². The summed E-state index contributed by atoms with van der Waals surface area (Å²) in [6.45, 7) is 6.07. The summed E-state index contributed by atoms with van der Waals surface area (Å²) in [6, 6.07) is 0.480. The molecule has 1 fully saturated rings. The minimum Gasteiger partial charge on any atom is -0.327 e. The standard InChI is InChI=1S/C13H25N/c1-3-4-5-6-7-8-12-9-10-13(14)11(12)2/h3,11-13H,1,4-10,14H2,2H3. The van der Waals surface area contributed by atoms with Crippen LogP contribution in [-0.4, -0.2) is 6.04 Å². The van der Waals surface area contributed by atoms with Crippen LogP contribution in [0, 0.1) is 11.8 Å². The molecule has 1 saturated carbocycles. The van der Waals surface area contributed by atoms with E-state index in [1.54, 1.807) is 0 Å². The first kappa shape index (κ1) is 11.8. The fraction of sp³-hybridized carbons (Fsp3) is 0.846. The lowest BCUT2D eigenvalue weighted by Crippen LogP contribution is -2.25. The molecule has 0 heterocycles. The van der Waals surface area contributed by atoms with Gasteiger partial charge < -0.3 is 5.73 Å². The minimum absolute atomic E-state index is 0.480. The van der Waals surface area contributed by atoms with Crippen molar-refractivity contribution in [2.75, 3.05) is 0 Å². The Morgan fingerprint density at radius 1 is 1.29 bits per heavy atom. The van der Waals surface area contributed by atoms with Crippen molar-refractivity contribution in [2.24, 2.45) is 17.6 Å². The molecule has 1 heteroatoms. The molecule has 0 saturated heterocycles. The number of rotatable bonds is 6. The Bertz CT molecular complexity index is 165. The van der Waals surface area contributed by atoms with Crippen LogP contribution in [0.5, 0.6) is 0 Å². The van der Waals surface area contributed by atoms with E-state index in [2.05, 4.69) is 13.5 Å². The van der Waals surface area contributed by atoms with E-state index in [0.29, 0.717) is 6.04 Å². The predicted octanol–water partition coefficient (Wildman–Crippen LogP) is 3.50. The van der Waals surface area contributed by atoms with Gasteiger partial charge in [0.15, 0.2) is 0 Å². The summed E-state index contributed by atoms with van der Waals surface area (Å²) >= 11 is 0. The van der Waals surface area contributed by atoms with Crippen molar-refractivity contribution in [1.29, 1.82) is 0 Å². The van der Waals surface area contributed by atoms with Crippen molar-refractivity contribution in [3.8, 4) is 0 Å². The van der Waals surface area contributed by atoms with Gasteiger partial charge in [-0.3, -0.25) is 0 Å². The third-order valence-electron chi connectivity index (χ3n) is 3.77. The van der Waals surface area contributed by atoms with E-state index in [4.69, 9.17) is 5.73 Å². The summed E-state index contributed by atoms with van der Waals surface area (Å²) in [7, 11) is 0. The van der Waals surface area contributed by atoms with E-state index in [1.165, 1.54) is 44.9 Å². The van der Waals surface area contributed by atoms with Crippen LogP contribution in [-0.2, 0) is 0 Å². The van der Waals surface area contributed by atoms with Crippen LogP contribution in [0.4, 0.5) is 0 Å². The second-order valence-corrected chi connectivity index (χ2v) is 4.79. The van der Waals surface area contributed by atoms with Crippen LogP contribution in [0.15, 0.2) is 12.7 Å². The van der Waals surface area contributed by atoms with Crippen LogP contribution in [0.25, 0.3) is 0 Å². The SMILES string of the molecule is C=CCCCCCC1CCC(N)C1C. The van der Waals surface area contributed by atoms with Gasteiger partial charge in [-0.15, -0.1) is 6.58 Å². The van der Waals surface area contributed by atoms with Crippen molar-refractivity contribution < 1.29 is 0 Å². The summed E-state index contributed by atoms with van der Waals surface area (Å²) in [5.74, 6) is 1.67. The zero-order valence-corrected chi connectivity index (χ0v) is 9.54. The fourth-order valence-corrected chi connectivity index (χ4v) is 2.56. The van der Waals surface area contributed by atoms with Gasteiger partial charge in [-0.1, -0.05) is 32.3 Å². The highest BCUT2D eigenvalue weighted by molar-refractivity contribution is 4.84. The highest BCUT2D eigenvalue weighted by Gasteiger charge is 2.29. The average Bonchev–Trinajstić information content (AvgIpc) is 2.49. The number of nitrogens with two attached hydrogens (primary N) is 1. The van der Waals surface area contributed by atoms with Crippen molar-refractivity contribution in [1.82, 2.24) is 0 Å². The van der Waals surface area contributed by atoms with Gasteiger partial charge in [-0.05, 0) is 37.5 Å². The second-order valence-electron chi connectivity index (χ2n) is 4.79. The molecule has 2 N–H and O–H groups in total. The van der Waals surface area contributed by atoms with Gasteiger partial charge in [0.05, 0.1) is 0 Å². The quantitative estimate of drug-likeness (QED) is 0.509. The van der Waals surface area contributed by atoms with Crippen LogP contribution in [0.2, 0.25) is 0 Å². The number of hydrogen-bond donors (Lipinski definition) is 1. The maximum absolute atomic E-state index is 6.01. The average molecular weight is 195 g/mol. The second kappa shape index (κ2) is 6.23. The number of unbranched alkanes of at least 4 members (excludes halogenated alkanes) is 3. The monoisotopic (exact) mass is 195 g/mol. The van der Waals surface area contributed by atoms with Crippen LogP contribution in [0.3, 0.4) is 0 Å². The molecule has 0 bridgehead atoms. The van der Waals surface area contributed by atoms with E-state index in [1.807, 2.05) is 6.08 Å². The molecule has 3 atom stereocenters. The molecule has 14 heavy (non-hydrogen) atoms. The zero-order valence-electron chi connectivity index (χ0n) is 9.54. The molecule has 0 aromatic heterocycles. The molecular weight excluding hydrogens is 170 g/mol. The molecule has 0 aromatic carbocycles. The summed E-state index contributed by atoms with van der Waals surface area (Å²) in [5.41, 5.74) is 6.01. The number of hydrogen-bond acceptors (Lipinski definition) is 1. The van der Waals surface area contributed by atoms with Gasteiger partial charge in [0.25, 0.3) is 0 Å². The Hall–Kier alpha value is -0.300. The lowest BCUT2D eigenvalue weighted by atomic mass is 9.91. The molecule has 0 aliphatic heterocycles. The third kappa shape index (κ3) is 3.45. The molecule has 0 radical (unpaired) electrons. The Kier molecular flexibility index (Phi) is 5.24. The molecule has 0 aromatic rings. The molecule has 0 amide bonds. The van der Waals surface area contributed by atoms with Gasteiger partial charge in [0, 0.05) is 6.04 Å². The van der Waals surface area contributed by atoms with Gasteiger partial charge >= 0.3 is 0 Å². The maximum atomic E-state index is 6.01. The van der Waals surface area contributed by atoms with E-state index < -0.39 is 0 Å². The molecule has 1 aliphatic carbocycles. The summed E-state index contributed by atoms with van der Waals surface area (Å²) < 4.78 is 0. The highest BCUT2D eigenvalue weighted by atomic mass is 14.7. The van der Waals surface area contributed by atoms with Gasteiger partial charge in [0.1, 0.15) is 0 Å². The van der Waals surface area contributed by atoms with Crippen molar-refractivity contribution in [3.63, 3.8) is 0 Å². The number of allylic oxidation sites excluding steroid dienone is 1. The Balaban J connectivity index is 2.04. The van der Waals surface area contributed by atoms with Crippen LogP contribution in [0.1, 0.15) is 51.9 Å². The Morgan fingerprint density at radius 3 is 2.64 bits per heavy atom. The van der Waals surface area contributed by atoms with Crippen molar-refractivity contribution >= 4 is 0 Å². The first-order chi connectivity index (χ1) is 6.75. The minimum atomic E-state index is 0.480. The molecule has 3 unspecified atom stereocenters. The van der Waals surface area contributed by atoms with E-state index in [-0.39, 0.29) is 0 Å². The molecule has 1 nitrogen and oxygen atoms in total. The molecule has 0 spiro atoms. The fourth-order valence-electron chi connectivity index (χ4n) is 2.56. The summed E-state index contributed by atoms with van der Waals surface area (Å²) in [5, 5.41) is 0. The predicted molar refractivity (Wildman–Crippen MR) is 63.1 cm³/mol. The smallest absolute Gasteiger partial charge is 0.00672 e. The zero-order chi connectivity index (χ0) is 10.4. The van der Waals surface area contributed by atoms with E-state index in [9.17, 15) is 0 Å². The Labute approximate surface area is 88.8 Å². The highest BCUT2D eigenvalue weighted by Crippen LogP contribution is 2.34. The third-order valence-corrected chi connectivity index (χ3v) is 3.77. The molecule has 1 rings (SSSR count). The van der Waals surface area contributed by atoms with Gasteiger partial charge in [-0.25, -0.2) is 0 Å². The Morgan fingerprint density at radius 2 is 2.07 bits per heavy atom. The van der Waals surface area contributed by atoms with E-state index in [0.717, 1.165) is 11.8 Å². The first-order valence-corrected chi connectivity index (χ1v) is 6.12. The first-order valence-electron chi connectivity index (χ1n) is 6.12. The van der Waals surface area contributed by atoms with E-state index >= 15 is 0 Å². The largest absolute Gasteiger partial charge is 0.327 e. The summed E-state index contributed by atoms with van der Waals surface area (Å²) in [4.78, 5) is 0. The van der Waals surface area contributed by atoms with Crippen molar-refractivity contribution in [3.05, 3.63) is 12.7 Å². The molecule has 1 aliphatic rings.